The van der Waals surface area contributed by atoms with Crippen LogP contribution in [0.4, 0.5) is 4.79 Å². The molecule has 1 unspecified atom stereocenters. The van der Waals surface area contributed by atoms with Gasteiger partial charge < -0.3 is 15.0 Å². The van der Waals surface area contributed by atoms with E-state index in [1.54, 1.807) is 18.6 Å². The number of rotatable bonds is 4. The molecule has 0 aliphatic heterocycles. The number of benzene rings is 1. The number of ether oxygens (including phenoxy) is 1. The fourth-order valence-electron chi connectivity index (χ4n) is 4.29. The molecule has 148 valence electrons. The van der Waals surface area contributed by atoms with E-state index in [0.717, 1.165) is 44.9 Å². The van der Waals surface area contributed by atoms with E-state index >= 15 is 0 Å². The molecule has 2 aliphatic rings. The van der Waals surface area contributed by atoms with E-state index in [-0.39, 0.29) is 24.2 Å². The van der Waals surface area contributed by atoms with Gasteiger partial charge in [0.1, 0.15) is 6.10 Å². The molecule has 6 heteroatoms. The van der Waals surface area contributed by atoms with E-state index in [2.05, 4.69) is 39.6 Å². The number of fused-ring (bicyclic) bond motifs is 1. The van der Waals surface area contributed by atoms with Crippen LogP contribution in [0.25, 0.3) is 0 Å². The highest BCUT2D eigenvalue weighted by Gasteiger charge is 2.28. The molecule has 1 saturated carbocycles. The molecule has 0 saturated heterocycles. The number of amides is 2. The molecule has 1 aromatic carbocycles. The second-order valence-electron chi connectivity index (χ2n) is 7.86. The molecule has 1 N–H and O–H groups in total. The average molecular weight is 380 g/mol. The van der Waals surface area contributed by atoms with Gasteiger partial charge in [-0.15, -0.1) is 0 Å². The van der Waals surface area contributed by atoms with E-state index in [1.807, 2.05) is 11.9 Å². The summed E-state index contributed by atoms with van der Waals surface area (Å²) in [5, 5.41) is 3.23. The molecule has 4 rings (SSSR count). The van der Waals surface area contributed by atoms with Gasteiger partial charge in [0.25, 0.3) is 0 Å². The number of nitrogens with zero attached hydrogens (tertiary/aromatic N) is 3. The highest BCUT2D eigenvalue weighted by molar-refractivity contribution is 5.74. The molecular formula is C22H28N4O2. The van der Waals surface area contributed by atoms with Gasteiger partial charge in [0.05, 0.1) is 6.20 Å². The molecule has 1 fully saturated rings. The van der Waals surface area contributed by atoms with Crippen molar-refractivity contribution in [1.82, 2.24) is 20.2 Å². The number of carbonyl (C=O) groups excluding carboxylic acids is 1. The molecule has 6 nitrogen and oxygen atoms in total. The molecule has 0 bridgehead atoms. The van der Waals surface area contributed by atoms with E-state index in [0.29, 0.717) is 5.88 Å². The van der Waals surface area contributed by atoms with Crippen molar-refractivity contribution < 1.29 is 9.53 Å². The summed E-state index contributed by atoms with van der Waals surface area (Å²) in [6, 6.07) is 9.10. The molecule has 0 spiro atoms. The van der Waals surface area contributed by atoms with Crippen LogP contribution < -0.4 is 10.1 Å². The third kappa shape index (κ3) is 4.43. The van der Waals surface area contributed by atoms with Crippen molar-refractivity contribution in [1.29, 1.82) is 0 Å². The van der Waals surface area contributed by atoms with Crippen molar-refractivity contribution in [3.05, 3.63) is 54.0 Å². The SMILES string of the molecule is CN(C(=O)NC1CCC(Oc2cnccn2)CC1)C1CCc2ccccc2C1. The van der Waals surface area contributed by atoms with Gasteiger partial charge in [-0.05, 0) is 56.1 Å². The lowest BCUT2D eigenvalue weighted by molar-refractivity contribution is 0.129. The maximum atomic E-state index is 12.8. The van der Waals surface area contributed by atoms with Gasteiger partial charge in [0, 0.05) is 31.5 Å². The number of hydrogen-bond donors (Lipinski definition) is 1. The zero-order valence-electron chi connectivity index (χ0n) is 16.4. The highest BCUT2D eigenvalue weighted by atomic mass is 16.5. The van der Waals surface area contributed by atoms with Crippen LogP contribution in [0.2, 0.25) is 0 Å². The minimum Gasteiger partial charge on any atom is -0.473 e. The van der Waals surface area contributed by atoms with Crippen LogP contribution in [0.3, 0.4) is 0 Å². The predicted molar refractivity (Wildman–Crippen MR) is 107 cm³/mol. The predicted octanol–water partition coefficient (Wildman–Crippen LogP) is 3.37. The van der Waals surface area contributed by atoms with E-state index < -0.39 is 0 Å². The first-order chi connectivity index (χ1) is 13.7. The molecular weight excluding hydrogens is 352 g/mol. The van der Waals surface area contributed by atoms with Crippen molar-refractivity contribution >= 4 is 6.03 Å². The quantitative estimate of drug-likeness (QED) is 0.883. The van der Waals surface area contributed by atoms with Crippen LogP contribution in [-0.4, -0.2) is 46.1 Å². The monoisotopic (exact) mass is 380 g/mol. The highest BCUT2D eigenvalue weighted by Crippen LogP contribution is 2.25. The summed E-state index contributed by atoms with van der Waals surface area (Å²) in [5.41, 5.74) is 2.80. The minimum atomic E-state index is 0.0441. The van der Waals surface area contributed by atoms with Crippen LogP contribution in [0.1, 0.15) is 43.2 Å². The normalized spacial score (nSPS) is 24.1. The standard InChI is InChI=1S/C22H28N4O2/c1-26(19-9-6-16-4-2-3-5-17(16)14-19)22(27)25-18-7-10-20(11-8-18)28-21-15-23-12-13-24-21/h2-5,12-13,15,18-20H,6-11,14H2,1H3,(H,25,27). The van der Waals surface area contributed by atoms with Crippen molar-refractivity contribution in [2.75, 3.05) is 7.05 Å². The summed E-state index contributed by atoms with van der Waals surface area (Å²) >= 11 is 0. The van der Waals surface area contributed by atoms with E-state index in [9.17, 15) is 4.79 Å². The van der Waals surface area contributed by atoms with Crippen molar-refractivity contribution in [3.63, 3.8) is 0 Å². The van der Waals surface area contributed by atoms with Gasteiger partial charge >= 0.3 is 6.03 Å². The molecule has 2 amide bonds. The smallest absolute Gasteiger partial charge is 0.317 e. The number of aryl methyl sites for hydroxylation is 1. The zero-order chi connectivity index (χ0) is 19.3. The Labute approximate surface area is 166 Å². The first-order valence-corrected chi connectivity index (χ1v) is 10.2. The first kappa shape index (κ1) is 18.7. The second-order valence-corrected chi connectivity index (χ2v) is 7.86. The van der Waals surface area contributed by atoms with Crippen LogP contribution in [-0.2, 0) is 12.8 Å². The number of nitrogens with one attached hydrogen (secondary N) is 1. The van der Waals surface area contributed by atoms with Gasteiger partial charge in [-0.1, -0.05) is 24.3 Å². The Balaban J connectivity index is 1.24. The average Bonchev–Trinajstić information content (AvgIpc) is 2.75. The van der Waals surface area contributed by atoms with Gasteiger partial charge in [-0.2, -0.15) is 0 Å². The van der Waals surface area contributed by atoms with E-state index in [1.165, 1.54) is 11.1 Å². The molecule has 1 heterocycles. The third-order valence-corrected chi connectivity index (χ3v) is 6.02. The lowest BCUT2D eigenvalue weighted by atomic mass is 9.88. The summed E-state index contributed by atoms with van der Waals surface area (Å²) in [6.45, 7) is 0. The van der Waals surface area contributed by atoms with Crippen molar-refractivity contribution in [3.8, 4) is 5.88 Å². The molecule has 28 heavy (non-hydrogen) atoms. The largest absolute Gasteiger partial charge is 0.473 e. The topological polar surface area (TPSA) is 67.4 Å². The Hall–Kier alpha value is -2.63. The summed E-state index contributed by atoms with van der Waals surface area (Å²) in [4.78, 5) is 22.9. The number of aromatic nitrogens is 2. The molecule has 2 aliphatic carbocycles. The van der Waals surface area contributed by atoms with Gasteiger partial charge in [-0.3, -0.25) is 4.98 Å². The summed E-state index contributed by atoms with van der Waals surface area (Å²) in [6.07, 6.45) is 11.8. The van der Waals surface area contributed by atoms with Crippen LogP contribution in [0, 0.1) is 0 Å². The zero-order valence-corrected chi connectivity index (χ0v) is 16.4. The third-order valence-electron chi connectivity index (χ3n) is 6.02. The fourth-order valence-corrected chi connectivity index (χ4v) is 4.29. The Morgan fingerprint density at radius 3 is 2.64 bits per heavy atom. The summed E-state index contributed by atoms with van der Waals surface area (Å²) in [7, 11) is 1.93. The van der Waals surface area contributed by atoms with Crippen LogP contribution >= 0.6 is 0 Å². The number of hydrogen-bond acceptors (Lipinski definition) is 4. The molecule has 1 aromatic heterocycles. The van der Waals surface area contributed by atoms with Crippen LogP contribution in [0.5, 0.6) is 5.88 Å². The lowest BCUT2D eigenvalue weighted by Crippen LogP contribution is -2.50. The van der Waals surface area contributed by atoms with Gasteiger partial charge in [0.2, 0.25) is 5.88 Å². The Morgan fingerprint density at radius 1 is 1.11 bits per heavy atom. The maximum absolute atomic E-state index is 12.8. The number of carbonyl (C=O) groups is 1. The molecule has 2 aromatic rings. The molecule has 0 radical (unpaired) electrons. The Morgan fingerprint density at radius 2 is 1.89 bits per heavy atom. The second kappa shape index (κ2) is 8.59. The van der Waals surface area contributed by atoms with Crippen LogP contribution in [0.15, 0.2) is 42.9 Å². The maximum Gasteiger partial charge on any atom is 0.317 e. The van der Waals surface area contributed by atoms with Crippen molar-refractivity contribution in [2.45, 2.75) is 63.1 Å². The first-order valence-electron chi connectivity index (χ1n) is 10.2. The summed E-state index contributed by atoms with van der Waals surface area (Å²) in [5.74, 6) is 0.576. The lowest BCUT2D eigenvalue weighted by Gasteiger charge is -2.35. The number of urea groups is 1. The molecule has 1 atom stereocenters. The van der Waals surface area contributed by atoms with Gasteiger partial charge in [0.15, 0.2) is 0 Å². The van der Waals surface area contributed by atoms with Gasteiger partial charge in [-0.25, -0.2) is 9.78 Å². The fraction of sp³-hybridized carbons (Fsp3) is 0.500. The van der Waals surface area contributed by atoms with Crippen molar-refractivity contribution in [2.24, 2.45) is 0 Å². The Kier molecular flexibility index (Phi) is 5.74. The minimum absolute atomic E-state index is 0.0441. The van der Waals surface area contributed by atoms with E-state index in [4.69, 9.17) is 4.74 Å². The Bertz CT molecular complexity index is 790. The number of likely N-dealkylation sites (N-methyl/N-ethyl adjacent to an activating group) is 1. The summed E-state index contributed by atoms with van der Waals surface area (Å²) < 4.78 is 5.89.